The molecule has 0 spiro atoms. The van der Waals surface area contributed by atoms with Gasteiger partial charge in [-0.2, -0.15) is 4.31 Å². The minimum absolute atomic E-state index is 0.0135. The second-order valence-corrected chi connectivity index (χ2v) is 9.88. The molecule has 0 saturated carbocycles. The third-order valence-electron chi connectivity index (χ3n) is 5.56. The van der Waals surface area contributed by atoms with Crippen molar-refractivity contribution in [3.8, 4) is 5.75 Å². The van der Waals surface area contributed by atoms with E-state index in [2.05, 4.69) is 9.88 Å². The van der Waals surface area contributed by atoms with Crippen LogP contribution in [0.3, 0.4) is 0 Å². The second kappa shape index (κ2) is 11.5. The number of hydrogen-bond donors (Lipinski definition) is 0. The Morgan fingerprint density at radius 1 is 1.00 bits per heavy atom. The molecule has 4 rings (SSSR count). The lowest BCUT2D eigenvalue weighted by Crippen LogP contribution is -2.38. The van der Waals surface area contributed by atoms with Gasteiger partial charge in [0.25, 0.3) is 0 Å². The zero-order valence-corrected chi connectivity index (χ0v) is 19.7. The highest BCUT2D eigenvalue weighted by molar-refractivity contribution is 7.89. The number of sulfonamides is 1. The van der Waals surface area contributed by atoms with Gasteiger partial charge in [-0.1, -0.05) is 30.3 Å². The first-order chi connectivity index (χ1) is 16.5. The molecule has 1 fully saturated rings. The first kappa shape index (κ1) is 24.3. The number of ether oxygens (including phenoxy) is 2. The van der Waals surface area contributed by atoms with Crippen LogP contribution in [0.1, 0.15) is 11.3 Å². The van der Waals surface area contributed by atoms with E-state index in [-0.39, 0.29) is 18.0 Å². The molecule has 1 saturated heterocycles. The molecule has 0 radical (unpaired) electrons. The van der Waals surface area contributed by atoms with Gasteiger partial charge in [0.05, 0.1) is 25.5 Å². The third-order valence-corrected chi connectivity index (χ3v) is 7.38. The van der Waals surface area contributed by atoms with Crippen molar-refractivity contribution in [2.45, 2.75) is 18.0 Å². The van der Waals surface area contributed by atoms with Crippen molar-refractivity contribution >= 4 is 10.0 Å². The summed E-state index contributed by atoms with van der Waals surface area (Å²) in [5, 5.41) is 0. The van der Waals surface area contributed by atoms with Gasteiger partial charge in [0, 0.05) is 32.4 Å². The molecule has 9 heteroatoms. The number of rotatable bonds is 10. The quantitative estimate of drug-likeness (QED) is 0.439. The van der Waals surface area contributed by atoms with Crippen LogP contribution in [0.2, 0.25) is 0 Å². The van der Waals surface area contributed by atoms with E-state index in [1.807, 2.05) is 24.3 Å². The maximum atomic E-state index is 14.4. The highest BCUT2D eigenvalue weighted by Gasteiger charge is 2.28. The van der Waals surface area contributed by atoms with Crippen molar-refractivity contribution in [3.63, 3.8) is 0 Å². The van der Waals surface area contributed by atoms with Gasteiger partial charge in [0.15, 0.2) is 0 Å². The average Bonchev–Trinajstić information content (AvgIpc) is 2.85. The lowest BCUT2D eigenvalue weighted by molar-refractivity contribution is 0.0322. The zero-order chi connectivity index (χ0) is 23.8. The van der Waals surface area contributed by atoms with Crippen LogP contribution in [0.25, 0.3) is 0 Å². The highest BCUT2D eigenvalue weighted by atomic mass is 32.2. The molecule has 0 N–H and O–H groups in total. The molecule has 180 valence electrons. The van der Waals surface area contributed by atoms with Crippen molar-refractivity contribution in [2.24, 2.45) is 0 Å². The molecule has 0 unspecified atom stereocenters. The molecule has 1 aliphatic heterocycles. The average molecular weight is 486 g/mol. The third kappa shape index (κ3) is 6.38. The van der Waals surface area contributed by atoms with Crippen molar-refractivity contribution in [3.05, 3.63) is 90.0 Å². The summed E-state index contributed by atoms with van der Waals surface area (Å²) in [4.78, 5) is 6.18. The topological polar surface area (TPSA) is 72.0 Å². The number of aromatic nitrogens is 1. The Morgan fingerprint density at radius 3 is 2.56 bits per heavy atom. The smallest absolute Gasteiger partial charge is 0.246 e. The Morgan fingerprint density at radius 2 is 1.79 bits per heavy atom. The van der Waals surface area contributed by atoms with Crippen LogP contribution in [0, 0.1) is 5.82 Å². The van der Waals surface area contributed by atoms with Crippen LogP contribution in [0.15, 0.2) is 77.8 Å². The predicted molar refractivity (Wildman–Crippen MR) is 126 cm³/mol. The zero-order valence-electron chi connectivity index (χ0n) is 18.8. The molecule has 7 nitrogen and oxygen atoms in total. The lowest BCUT2D eigenvalue weighted by Gasteiger charge is -2.26. The summed E-state index contributed by atoms with van der Waals surface area (Å²) in [5.74, 6) is -0.124. The van der Waals surface area contributed by atoms with Crippen LogP contribution >= 0.6 is 0 Å². The molecule has 0 aliphatic carbocycles. The highest BCUT2D eigenvalue weighted by Crippen LogP contribution is 2.24. The molecular formula is C25H28FN3O4S. The summed E-state index contributed by atoms with van der Waals surface area (Å²) in [6, 6.07) is 18.0. The first-order valence-corrected chi connectivity index (χ1v) is 12.6. The molecule has 2 aromatic carbocycles. The van der Waals surface area contributed by atoms with Gasteiger partial charge in [0.1, 0.15) is 23.1 Å². The Bertz CT molecular complexity index is 1170. The van der Waals surface area contributed by atoms with Crippen LogP contribution < -0.4 is 4.74 Å². The van der Waals surface area contributed by atoms with Gasteiger partial charge < -0.3 is 9.47 Å². The van der Waals surface area contributed by atoms with Gasteiger partial charge in [-0.25, -0.2) is 12.8 Å². The van der Waals surface area contributed by atoms with Crippen molar-refractivity contribution in [1.29, 1.82) is 0 Å². The van der Waals surface area contributed by atoms with E-state index in [4.69, 9.17) is 9.47 Å². The van der Waals surface area contributed by atoms with Gasteiger partial charge in [-0.3, -0.25) is 9.88 Å². The van der Waals surface area contributed by atoms with Crippen molar-refractivity contribution in [1.82, 2.24) is 14.2 Å². The molecule has 0 amide bonds. The molecule has 3 aromatic rings. The lowest BCUT2D eigenvalue weighted by atomic mass is 10.2. The number of hydrogen-bond acceptors (Lipinski definition) is 6. The molecule has 1 aromatic heterocycles. The summed E-state index contributed by atoms with van der Waals surface area (Å²) < 4.78 is 53.8. The SMILES string of the molecule is O=S(=O)(c1ccccc1F)N(Cc1cccc(OCCN2CCOCC2)c1)Cc1ccccn1. The van der Waals surface area contributed by atoms with Gasteiger partial charge in [-0.15, -0.1) is 0 Å². The number of benzene rings is 2. The van der Waals surface area contributed by atoms with E-state index in [1.54, 1.807) is 24.4 Å². The van der Waals surface area contributed by atoms with E-state index in [0.29, 0.717) is 18.1 Å². The minimum Gasteiger partial charge on any atom is -0.492 e. The van der Waals surface area contributed by atoms with E-state index in [1.165, 1.54) is 22.5 Å². The maximum absolute atomic E-state index is 14.4. The fourth-order valence-corrected chi connectivity index (χ4v) is 5.21. The Labute approximate surface area is 199 Å². The van der Waals surface area contributed by atoms with Gasteiger partial charge in [-0.05, 0) is 42.0 Å². The summed E-state index contributed by atoms with van der Waals surface area (Å²) in [5.41, 5.74) is 1.31. The number of nitrogens with zero attached hydrogens (tertiary/aromatic N) is 3. The fraction of sp³-hybridized carbons (Fsp3) is 0.320. The van der Waals surface area contributed by atoms with E-state index < -0.39 is 15.8 Å². The summed E-state index contributed by atoms with van der Waals surface area (Å²) >= 11 is 0. The van der Waals surface area contributed by atoms with Crippen LogP contribution in [0.5, 0.6) is 5.75 Å². The number of morpholine rings is 1. The molecule has 0 atom stereocenters. The van der Waals surface area contributed by atoms with Gasteiger partial charge in [0.2, 0.25) is 10.0 Å². The number of pyridine rings is 1. The van der Waals surface area contributed by atoms with Crippen LogP contribution in [-0.4, -0.2) is 62.1 Å². The second-order valence-electron chi connectivity index (χ2n) is 7.97. The Hall–Kier alpha value is -2.85. The summed E-state index contributed by atoms with van der Waals surface area (Å²) in [7, 11) is -4.11. The molecule has 2 heterocycles. The largest absolute Gasteiger partial charge is 0.492 e. The Kier molecular flexibility index (Phi) is 8.23. The van der Waals surface area contributed by atoms with E-state index >= 15 is 0 Å². The predicted octanol–water partition coefficient (Wildman–Crippen LogP) is 3.32. The number of halogens is 1. The van der Waals surface area contributed by atoms with E-state index in [9.17, 15) is 12.8 Å². The van der Waals surface area contributed by atoms with Crippen LogP contribution in [0.4, 0.5) is 4.39 Å². The standard InChI is InChI=1S/C25H28FN3O4S/c26-24-9-1-2-10-25(24)34(30,31)29(20-22-7-3-4-11-27-22)19-21-6-5-8-23(18-21)33-17-14-28-12-15-32-16-13-28/h1-11,18H,12-17,19-20H2. The monoisotopic (exact) mass is 485 g/mol. The van der Waals surface area contributed by atoms with Gasteiger partial charge >= 0.3 is 0 Å². The summed E-state index contributed by atoms with van der Waals surface area (Å²) in [6.45, 7) is 4.62. The summed E-state index contributed by atoms with van der Waals surface area (Å²) in [6.07, 6.45) is 1.60. The van der Waals surface area contributed by atoms with E-state index in [0.717, 1.165) is 44.5 Å². The van der Waals surface area contributed by atoms with Crippen molar-refractivity contribution < 1.29 is 22.3 Å². The Balaban J connectivity index is 1.51. The van der Waals surface area contributed by atoms with Crippen molar-refractivity contribution in [2.75, 3.05) is 39.5 Å². The minimum atomic E-state index is -4.11. The molecular weight excluding hydrogens is 457 g/mol. The normalized spacial score (nSPS) is 14.9. The molecule has 0 bridgehead atoms. The maximum Gasteiger partial charge on any atom is 0.246 e. The molecule has 1 aliphatic rings. The van der Waals surface area contributed by atoms with Crippen LogP contribution in [-0.2, 0) is 27.8 Å². The fourth-order valence-electron chi connectivity index (χ4n) is 3.75. The molecule has 34 heavy (non-hydrogen) atoms. The first-order valence-electron chi connectivity index (χ1n) is 11.2.